The SMILES string of the molecule is CCOC(=O)C(=[N+]=[N-])C(=O)C[C@H](C)c1ccc(C)cc1. The van der Waals surface area contributed by atoms with Gasteiger partial charge in [0.25, 0.3) is 5.78 Å². The summed E-state index contributed by atoms with van der Waals surface area (Å²) in [5.74, 6) is -1.50. The van der Waals surface area contributed by atoms with Gasteiger partial charge in [-0.2, -0.15) is 4.79 Å². The fraction of sp³-hybridized carbons (Fsp3) is 0.400. The minimum atomic E-state index is -0.892. The van der Waals surface area contributed by atoms with E-state index in [0.717, 1.165) is 11.1 Å². The van der Waals surface area contributed by atoms with Crippen LogP contribution in [0.25, 0.3) is 5.53 Å². The van der Waals surface area contributed by atoms with Crippen molar-refractivity contribution in [3.63, 3.8) is 0 Å². The average molecular weight is 274 g/mol. The van der Waals surface area contributed by atoms with E-state index in [9.17, 15) is 9.59 Å². The smallest absolute Gasteiger partial charge is 0.441 e. The zero-order valence-electron chi connectivity index (χ0n) is 11.9. The number of ether oxygens (including phenoxy) is 1. The van der Waals surface area contributed by atoms with Crippen LogP contribution < -0.4 is 0 Å². The van der Waals surface area contributed by atoms with Crippen molar-refractivity contribution in [3.8, 4) is 0 Å². The summed E-state index contributed by atoms with van der Waals surface area (Å²) in [6.45, 7) is 5.60. The van der Waals surface area contributed by atoms with Gasteiger partial charge in [-0.15, -0.1) is 0 Å². The lowest BCUT2D eigenvalue weighted by atomic mass is 9.93. The zero-order chi connectivity index (χ0) is 15.1. The summed E-state index contributed by atoms with van der Waals surface area (Å²) in [7, 11) is 0. The maximum Gasteiger partial charge on any atom is 0.441 e. The predicted octanol–water partition coefficient (Wildman–Crippen LogP) is 2.29. The second-order valence-electron chi connectivity index (χ2n) is 4.61. The van der Waals surface area contributed by atoms with E-state index in [-0.39, 0.29) is 18.9 Å². The summed E-state index contributed by atoms with van der Waals surface area (Å²) in [5, 5.41) is 0. The van der Waals surface area contributed by atoms with E-state index < -0.39 is 17.5 Å². The van der Waals surface area contributed by atoms with E-state index in [1.54, 1.807) is 6.92 Å². The number of aryl methyl sites for hydroxylation is 1. The van der Waals surface area contributed by atoms with E-state index in [4.69, 9.17) is 5.53 Å². The van der Waals surface area contributed by atoms with Gasteiger partial charge in [-0.3, -0.25) is 4.79 Å². The third kappa shape index (κ3) is 4.14. The van der Waals surface area contributed by atoms with E-state index in [2.05, 4.69) is 9.53 Å². The Bertz CT molecular complexity index is 543. The van der Waals surface area contributed by atoms with Crippen molar-refractivity contribution < 1.29 is 19.1 Å². The van der Waals surface area contributed by atoms with Crippen LogP contribution in [-0.2, 0) is 14.3 Å². The minimum absolute atomic E-state index is 0.0747. The molecule has 0 amide bonds. The highest BCUT2D eigenvalue weighted by Crippen LogP contribution is 2.19. The number of carbonyl (C=O) groups excluding carboxylic acids is 2. The zero-order valence-corrected chi connectivity index (χ0v) is 11.9. The molecule has 0 fully saturated rings. The monoisotopic (exact) mass is 274 g/mol. The van der Waals surface area contributed by atoms with Gasteiger partial charge in [0.05, 0.1) is 6.61 Å². The van der Waals surface area contributed by atoms with Gasteiger partial charge in [0.1, 0.15) is 0 Å². The quantitative estimate of drug-likeness (QED) is 0.262. The van der Waals surface area contributed by atoms with Gasteiger partial charge in [0.2, 0.25) is 0 Å². The van der Waals surface area contributed by atoms with Crippen LogP contribution in [0.2, 0.25) is 0 Å². The molecule has 5 nitrogen and oxygen atoms in total. The molecule has 20 heavy (non-hydrogen) atoms. The number of ketones is 1. The molecule has 0 spiro atoms. The van der Waals surface area contributed by atoms with Crippen molar-refractivity contribution in [2.75, 3.05) is 6.61 Å². The highest BCUT2D eigenvalue weighted by molar-refractivity contribution is 6.62. The van der Waals surface area contributed by atoms with Crippen molar-refractivity contribution in [2.45, 2.75) is 33.1 Å². The van der Waals surface area contributed by atoms with Gasteiger partial charge in [0.15, 0.2) is 0 Å². The molecule has 106 valence electrons. The normalized spacial score (nSPS) is 11.3. The van der Waals surface area contributed by atoms with Crippen molar-refractivity contribution in [1.29, 1.82) is 0 Å². The van der Waals surface area contributed by atoms with Crippen molar-refractivity contribution >= 4 is 17.5 Å². The molecule has 0 aromatic heterocycles. The number of carbonyl (C=O) groups is 2. The molecule has 0 saturated carbocycles. The maximum absolute atomic E-state index is 11.9. The lowest BCUT2D eigenvalue weighted by Crippen LogP contribution is -2.28. The molecule has 0 saturated heterocycles. The summed E-state index contributed by atoms with van der Waals surface area (Å²) in [4.78, 5) is 26.2. The molecule has 0 radical (unpaired) electrons. The predicted molar refractivity (Wildman–Crippen MR) is 74.5 cm³/mol. The van der Waals surface area contributed by atoms with Crippen LogP contribution in [0.15, 0.2) is 24.3 Å². The number of hydrogen-bond acceptors (Lipinski definition) is 3. The van der Waals surface area contributed by atoms with Crippen molar-refractivity contribution in [2.24, 2.45) is 0 Å². The first-order chi connectivity index (χ1) is 9.49. The Morgan fingerprint density at radius 1 is 1.30 bits per heavy atom. The summed E-state index contributed by atoms with van der Waals surface area (Å²) in [6.07, 6.45) is 0.0846. The van der Waals surface area contributed by atoms with Gasteiger partial charge in [0, 0.05) is 6.42 Å². The first kappa shape index (κ1) is 15.8. The highest BCUT2D eigenvalue weighted by atomic mass is 16.5. The molecule has 0 bridgehead atoms. The van der Waals surface area contributed by atoms with Gasteiger partial charge in [-0.05, 0) is 25.3 Å². The molecule has 0 N–H and O–H groups in total. The van der Waals surface area contributed by atoms with Crippen LogP contribution in [0.4, 0.5) is 0 Å². The number of Topliss-reactive ketones (excluding diaryl/α,β-unsaturated/α-hetero) is 1. The van der Waals surface area contributed by atoms with Gasteiger partial charge in [-0.1, -0.05) is 36.8 Å². The molecule has 0 unspecified atom stereocenters. The molecule has 0 aliphatic carbocycles. The van der Waals surface area contributed by atoms with Gasteiger partial charge >= 0.3 is 11.7 Å². The molecule has 0 aliphatic heterocycles. The first-order valence-electron chi connectivity index (χ1n) is 6.48. The Kier molecular flexibility index (Phi) is 5.81. The van der Waals surface area contributed by atoms with Crippen LogP contribution in [0.3, 0.4) is 0 Å². The lowest BCUT2D eigenvalue weighted by molar-refractivity contribution is -0.141. The molecule has 0 aliphatic rings. The third-order valence-corrected chi connectivity index (χ3v) is 2.97. The molecule has 5 heteroatoms. The number of nitrogens with zero attached hydrogens (tertiary/aromatic N) is 2. The number of hydrogen-bond donors (Lipinski definition) is 0. The summed E-state index contributed by atoms with van der Waals surface area (Å²) >= 11 is 0. The van der Waals surface area contributed by atoms with Gasteiger partial charge in [-0.25, -0.2) is 4.79 Å². The highest BCUT2D eigenvalue weighted by Gasteiger charge is 2.31. The van der Waals surface area contributed by atoms with E-state index in [1.807, 2.05) is 38.1 Å². The molecule has 0 heterocycles. The van der Waals surface area contributed by atoms with Crippen molar-refractivity contribution in [3.05, 3.63) is 40.9 Å². The Balaban J connectivity index is 2.76. The molecule has 1 aromatic rings. The molecule has 1 aromatic carbocycles. The van der Waals surface area contributed by atoms with E-state index >= 15 is 0 Å². The van der Waals surface area contributed by atoms with Crippen LogP contribution in [0.1, 0.15) is 37.3 Å². The van der Waals surface area contributed by atoms with E-state index in [1.165, 1.54) is 0 Å². The van der Waals surface area contributed by atoms with Crippen LogP contribution in [-0.4, -0.2) is 28.9 Å². The van der Waals surface area contributed by atoms with Crippen molar-refractivity contribution in [1.82, 2.24) is 0 Å². The minimum Gasteiger partial charge on any atom is -0.457 e. The second-order valence-corrected chi connectivity index (χ2v) is 4.61. The molecule has 1 atom stereocenters. The number of benzene rings is 1. The van der Waals surface area contributed by atoms with Crippen LogP contribution in [0, 0.1) is 6.92 Å². The average Bonchev–Trinajstić information content (AvgIpc) is 2.40. The summed E-state index contributed by atoms with van der Waals surface area (Å²) < 4.78 is 4.67. The molecular formula is C15H18N2O3. The summed E-state index contributed by atoms with van der Waals surface area (Å²) in [5.41, 5.74) is 10.4. The first-order valence-corrected chi connectivity index (χ1v) is 6.48. The Morgan fingerprint density at radius 2 is 1.90 bits per heavy atom. The lowest BCUT2D eigenvalue weighted by Gasteiger charge is -2.09. The molecule has 1 rings (SSSR count). The molecular weight excluding hydrogens is 256 g/mol. The summed E-state index contributed by atoms with van der Waals surface area (Å²) in [6, 6.07) is 7.80. The maximum atomic E-state index is 11.9. The Morgan fingerprint density at radius 3 is 2.40 bits per heavy atom. The Labute approximate surface area is 118 Å². The topological polar surface area (TPSA) is 79.8 Å². The largest absolute Gasteiger partial charge is 0.457 e. The second kappa shape index (κ2) is 7.36. The fourth-order valence-corrected chi connectivity index (χ4v) is 1.80. The Hall–Kier alpha value is -2.26. The number of esters is 1. The van der Waals surface area contributed by atoms with Crippen LogP contribution >= 0.6 is 0 Å². The number of rotatable bonds is 6. The third-order valence-electron chi connectivity index (χ3n) is 2.97. The standard InChI is InChI=1S/C15H18N2O3/c1-4-20-15(19)14(17-16)13(18)9-11(3)12-7-5-10(2)6-8-12/h5-8,11H,4,9H2,1-3H3/t11-/m0/s1. The van der Waals surface area contributed by atoms with E-state index in [0.29, 0.717) is 0 Å². The van der Waals surface area contributed by atoms with Gasteiger partial charge < -0.3 is 10.3 Å². The fourth-order valence-electron chi connectivity index (χ4n) is 1.80. The van der Waals surface area contributed by atoms with Crippen LogP contribution in [0.5, 0.6) is 0 Å².